The SMILES string of the molecule is CC(NCCSc1ccccc1)c1cc(Br)ccc1F. The maximum atomic E-state index is 13.7. The summed E-state index contributed by atoms with van der Waals surface area (Å²) in [6.07, 6.45) is 0. The molecule has 2 aromatic rings. The molecule has 0 saturated heterocycles. The first-order chi connectivity index (χ1) is 9.66. The molecule has 0 spiro atoms. The van der Waals surface area contributed by atoms with Crippen molar-refractivity contribution >= 4 is 27.7 Å². The van der Waals surface area contributed by atoms with Gasteiger partial charge >= 0.3 is 0 Å². The van der Waals surface area contributed by atoms with E-state index in [0.29, 0.717) is 5.56 Å². The molecule has 0 saturated carbocycles. The fourth-order valence-electron chi connectivity index (χ4n) is 1.92. The molecule has 4 heteroatoms. The van der Waals surface area contributed by atoms with E-state index in [-0.39, 0.29) is 11.9 Å². The lowest BCUT2D eigenvalue weighted by Gasteiger charge is -2.15. The van der Waals surface area contributed by atoms with Crippen molar-refractivity contribution in [2.24, 2.45) is 0 Å². The van der Waals surface area contributed by atoms with Crippen LogP contribution < -0.4 is 5.32 Å². The number of halogens is 2. The Bertz CT molecular complexity index is 547. The molecule has 2 rings (SSSR count). The second-order valence-electron chi connectivity index (χ2n) is 4.50. The summed E-state index contributed by atoms with van der Waals surface area (Å²) in [6.45, 7) is 2.82. The Morgan fingerprint density at radius 1 is 1.20 bits per heavy atom. The predicted molar refractivity (Wildman–Crippen MR) is 87.7 cm³/mol. The zero-order valence-corrected chi connectivity index (χ0v) is 13.7. The van der Waals surface area contributed by atoms with Crippen molar-refractivity contribution < 1.29 is 4.39 Å². The fourth-order valence-corrected chi connectivity index (χ4v) is 3.10. The van der Waals surface area contributed by atoms with E-state index < -0.39 is 0 Å². The minimum atomic E-state index is -0.163. The van der Waals surface area contributed by atoms with Gasteiger partial charge in [0.2, 0.25) is 0 Å². The lowest BCUT2D eigenvalue weighted by molar-refractivity contribution is 0.542. The fraction of sp³-hybridized carbons (Fsp3) is 0.250. The highest BCUT2D eigenvalue weighted by atomic mass is 79.9. The lowest BCUT2D eigenvalue weighted by atomic mass is 10.1. The van der Waals surface area contributed by atoms with Gasteiger partial charge in [-0.15, -0.1) is 11.8 Å². The van der Waals surface area contributed by atoms with Gasteiger partial charge in [0.05, 0.1) is 0 Å². The number of thioether (sulfide) groups is 1. The van der Waals surface area contributed by atoms with Crippen LogP contribution in [-0.2, 0) is 0 Å². The number of hydrogen-bond donors (Lipinski definition) is 1. The van der Waals surface area contributed by atoms with E-state index >= 15 is 0 Å². The molecule has 0 aliphatic heterocycles. The van der Waals surface area contributed by atoms with Gasteiger partial charge in [-0.05, 0) is 37.3 Å². The van der Waals surface area contributed by atoms with E-state index in [9.17, 15) is 4.39 Å². The van der Waals surface area contributed by atoms with Crippen LogP contribution in [0.25, 0.3) is 0 Å². The quantitative estimate of drug-likeness (QED) is 0.577. The van der Waals surface area contributed by atoms with Crippen LogP contribution in [0.1, 0.15) is 18.5 Å². The van der Waals surface area contributed by atoms with Crippen molar-refractivity contribution in [3.05, 3.63) is 64.4 Å². The first-order valence-corrected chi connectivity index (χ1v) is 8.31. The zero-order chi connectivity index (χ0) is 14.4. The first-order valence-electron chi connectivity index (χ1n) is 6.53. The molecule has 0 fully saturated rings. The Kier molecular flexibility index (Phi) is 6.07. The Morgan fingerprint density at radius 3 is 2.70 bits per heavy atom. The van der Waals surface area contributed by atoms with Crippen molar-refractivity contribution in [1.29, 1.82) is 0 Å². The van der Waals surface area contributed by atoms with Crippen LogP contribution in [0.3, 0.4) is 0 Å². The standard InChI is InChI=1S/C16H17BrFNS/c1-12(15-11-13(17)7-8-16(15)18)19-9-10-20-14-5-3-2-4-6-14/h2-8,11-12,19H,9-10H2,1H3. The van der Waals surface area contributed by atoms with Crippen LogP contribution in [0, 0.1) is 5.82 Å². The van der Waals surface area contributed by atoms with Crippen LogP contribution in [0.4, 0.5) is 4.39 Å². The highest BCUT2D eigenvalue weighted by Crippen LogP contribution is 2.22. The number of nitrogens with one attached hydrogen (secondary N) is 1. The first kappa shape index (κ1) is 15.5. The third kappa shape index (κ3) is 4.62. The largest absolute Gasteiger partial charge is 0.309 e. The summed E-state index contributed by atoms with van der Waals surface area (Å²) >= 11 is 5.18. The molecule has 2 aromatic carbocycles. The van der Waals surface area contributed by atoms with Gasteiger partial charge in [0.25, 0.3) is 0 Å². The molecule has 0 aromatic heterocycles. The summed E-state index contributed by atoms with van der Waals surface area (Å²) in [5, 5.41) is 3.36. The van der Waals surface area contributed by atoms with E-state index in [0.717, 1.165) is 16.8 Å². The number of hydrogen-bond acceptors (Lipinski definition) is 2. The predicted octanol–water partition coefficient (Wildman–Crippen LogP) is 5.03. The smallest absolute Gasteiger partial charge is 0.128 e. The van der Waals surface area contributed by atoms with Gasteiger partial charge < -0.3 is 5.32 Å². The Labute approximate surface area is 132 Å². The molecular weight excluding hydrogens is 337 g/mol. The van der Waals surface area contributed by atoms with Gasteiger partial charge in [0.1, 0.15) is 5.82 Å². The average Bonchev–Trinajstić information content (AvgIpc) is 2.47. The monoisotopic (exact) mass is 353 g/mol. The van der Waals surface area contributed by atoms with E-state index in [1.54, 1.807) is 17.8 Å². The molecule has 1 atom stereocenters. The lowest BCUT2D eigenvalue weighted by Crippen LogP contribution is -2.22. The van der Waals surface area contributed by atoms with E-state index in [4.69, 9.17) is 0 Å². The third-order valence-corrected chi connectivity index (χ3v) is 4.50. The van der Waals surface area contributed by atoms with Crippen molar-refractivity contribution in [2.75, 3.05) is 12.3 Å². The molecule has 1 nitrogen and oxygen atoms in total. The summed E-state index contributed by atoms with van der Waals surface area (Å²) in [7, 11) is 0. The molecule has 1 unspecified atom stereocenters. The summed E-state index contributed by atoms with van der Waals surface area (Å²) < 4.78 is 14.6. The Balaban J connectivity index is 1.80. The maximum Gasteiger partial charge on any atom is 0.128 e. The summed E-state index contributed by atoms with van der Waals surface area (Å²) in [5.74, 6) is 0.799. The summed E-state index contributed by atoms with van der Waals surface area (Å²) in [6, 6.07) is 15.3. The Hall–Kier alpha value is -0.840. The van der Waals surface area contributed by atoms with Gasteiger partial charge in [-0.2, -0.15) is 0 Å². The number of benzene rings is 2. The van der Waals surface area contributed by atoms with Gasteiger partial charge in [-0.25, -0.2) is 4.39 Å². The van der Waals surface area contributed by atoms with Crippen LogP contribution in [0.5, 0.6) is 0 Å². The van der Waals surface area contributed by atoms with Crippen LogP contribution in [0.15, 0.2) is 57.9 Å². The zero-order valence-electron chi connectivity index (χ0n) is 11.3. The van der Waals surface area contributed by atoms with Crippen molar-refractivity contribution in [3.63, 3.8) is 0 Å². The molecule has 0 heterocycles. The molecular formula is C16H17BrFNS. The van der Waals surface area contributed by atoms with Crippen LogP contribution in [-0.4, -0.2) is 12.3 Å². The molecule has 1 N–H and O–H groups in total. The van der Waals surface area contributed by atoms with Gasteiger partial charge in [0, 0.05) is 33.3 Å². The molecule has 0 aliphatic carbocycles. The Morgan fingerprint density at radius 2 is 1.95 bits per heavy atom. The van der Waals surface area contributed by atoms with Gasteiger partial charge in [0.15, 0.2) is 0 Å². The molecule has 106 valence electrons. The second kappa shape index (κ2) is 7.81. The number of rotatable bonds is 6. The average molecular weight is 354 g/mol. The van der Waals surface area contributed by atoms with E-state index in [1.165, 1.54) is 11.0 Å². The molecule has 20 heavy (non-hydrogen) atoms. The van der Waals surface area contributed by atoms with Gasteiger partial charge in [-0.3, -0.25) is 0 Å². The van der Waals surface area contributed by atoms with Gasteiger partial charge in [-0.1, -0.05) is 34.1 Å². The molecule has 0 aliphatic rings. The van der Waals surface area contributed by atoms with Crippen LogP contribution >= 0.6 is 27.7 Å². The summed E-state index contributed by atoms with van der Waals surface area (Å²) in [4.78, 5) is 1.26. The van der Waals surface area contributed by atoms with E-state index in [1.807, 2.05) is 31.2 Å². The summed E-state index contributed by atoms with van der Waals surface area (Å²) in [5.41, 5.74) is 0.698. The minimum Gasteiger partial charge on any atom is -0.309 e. The van der Waals surface area contributed by atoms with Crippen LogP contribution in [0.2, 0.25) is 0 Å². The topological polar surface area (TPSA) is 12.0 Å². The normalized spacial score (nSPS) is 12.3. The molecule has 0 bridgehead atoms. The molecule has 0 amide bonds. The van der Waals surface area contributed by atoms with Crippen molar-refractivity contribution in [3.8, 4) is 0 Å². The third-order valence-electron chi connectivity index (χ3n) is 2.99. The molecule has 0 radical (unpaired) electrons. The van der Waals surface area contributed by atoms with Crippen molar-refractivity contribution in [2.45, 2.75) is 17.9 Å². The maximum absolute atomic E-state index is 13.7. The second-order valence-corrected chi connectivity index (χ2v) is 6.59. The highest BCUT2D eigenvalue weighted by molar-refractivity contribution is 9.10. The minimum absolute atomic E-state index is 0.00359. The van der Waals surface area contributed by atoms with Crippen molar-refractivity contribution in [1.82, 2.24) is 5.32 Å². The van der Waals surface area contributed by atoms with E-state index in [2.05, 4.69) is 33.4 Å². The highest BCUT2D eigenvalue weighted by Gasteiger charge is 2.10.